The summed E-state index contributed by atoms with van der Waals surface area (Å²) in [4.78, 5) is 10.5. The Hall–Kier alpha value is -3.08. The molecule has 5 heteroatoms. The Labute approximate surface area is 200 Å². The van der Waals surface area contributed by atoms with Crippen LogP contribution in [0.2, 0.25) is 5.02 Å². The number of nitrogens with one attached hydrogen (secondary N) is 1. The summed E-state index contributed by atoms with van der Waals surface area (Å²) in [6.45, 7) is 9.81. The van der Waals surface area contributed by atoms with E-state index >= 15 is 0 Å². The Morgan fingerprint density at radius 1 is 0.939 bits per heavy atom. The van der Waals surface area contributed by atoms with Gasteiger partial charge in [-0.05, 0) is 57.5 Å². The molecule has 0 aliphatic rings. The fraction of sp³-hybridized carbons (Fsp3) is 0.250. The fourth-order valence-electron chi connectivity index (χ4n) is 4.23. The van der Waals surface area contributed by atoms with E-state index < -0.39 is 0 Å². The molecule has 2 N–H and O–H groups in total. The van der Waals surface area contributed by atoms with Crippen LogP contribution in [0.25, 0.3) is 10.9 Å². The molecule has 0 radical (unpaired) electrons. The number of nitrogens with zero attached hydrogens (tertiary/aromatic N) is 2. The van der Waals surface area contributed by atoms with Gasteiger partial charge in [0.2, 0.25) is 0 Å². The van der Waals surface area contributed by atoms with Crippen molar-refractivity contribution in [2.24, 2.45) is 4.99 Å². The van der Waals surface area contributed by atoms with Gasteiger partial charge >= 0.3 is 0 Å². The third kappa shape index (κ3) is 5.13. The number of halogens is 1. The standard InChI is InChI=1S/C28H30ClN3O/c1-18(2)32(19(3)4)17-20-10-13-23(14-11-20)30-27(21-8-6-5-7-9-21)26-24-15-12-22(29)16-25(24)31-28(26)33/h5-16,18-19,31,33H,17H2,1-4H3. The normalized spacial score (nSPS) is 12.4. The van der Waals surface area contributed by atoms with Crippen molar-refractivity contribution < 1.29 is 5.11 Å². The maximum absolute atomic E-state index is 10.8. The number of aromatic hydroxyl groups is 1. The van der Waals surface area contributed by atoms with E-state index in [0.29, 0.717) is 28.4 Å². The number of aromatic amines is 1. The molecule has 0 atom stereocenters. The predicted molar refractivity (Wildman–Crippen MR) is 139 cm³/mol. The summed E-state index contributed by atoms with van der Waals surface area (Å²) in [6.07, 6.45) is 0. The van der Waals surface area contributed by atoms with Crippen molar-refractivity contribution >= 4 is 33.9 Å². The van der Waals surface area contributed by atoms with Crippen molar-refractivity contribution in [3.8, 4) is 5.88 Å². The van der Waals surface area contributed by atoms with Crippen molar-refractivity contribution in [1.82, 2.24) is 9.88 Å². The minimum absolute atomic E-state index is 0.0796. The minimum atomic E-state index is 0.0796. The lowest BCUT2D eigenvalue weighted by Gasteiger charge is -2.30. The van der Waals surface area contributed by atoms with Crippen molar-refractivity contribution in [3.05, 3.63) is 94.5 Å². The van der Waals surface area contributed by atoms with Gasteiger partial charge in [0, 0.05) is 34.6 Å². The lowest BCUT2D eigenvalue weighted by Crippen LogP contribution is -2.36. The lowest BCUT2D eigenvalue weighted by atomic mass is 10.0. The lowest BCUT2D eigenvalue weighted by molar-refractivity contribution is 0.166. The van der Waals surface area contributed by atoms with Crippen molar-refractivity contribution in [2.75, 3.05) is 0 Å². The van der Waals surface area contributed by atoms with Crippen LogP contribution in [-0.4, -0.2) is 32.8 Å². The van der Waals surface area contributed by atoms with Crippen molar-refractivity contribution in [2.45, 2.75) is 46.3 Å². The van der Waals surface area contributed by atoms with Crippen LogP contribution in [0.15, 0.2) is 77.8 Å². The average molecular weight is 460 g/mol. The highest BCUT2D eigenvalue weighted by molar-refractivity contribution is 6.31. The van der Waals surface area contributed by atoms with Gasteiger partial charge in [-0.25, -0.2) is 4.99 Å². The highest BCUT2D eigenvalue weighted by Gasteiger charge is 2.19. The van der Waals surface area contributed by atoms with Gasteiger partial charge < -0.3 is 10.1 Å². The van der Waals surface area contributed by atoms with E-state index in [2.05, 4.69) is 49.7 Å². The number of aliphatic imine (C=N–C) groups is 1. The summed E-state index contributed by atoms with van der Waals surface area (Å²) in [7, 11) is 0. The summed E-state index contributed by atoms with van der Waals surface area (Å²) in [5.74, 6) is 0.0796. The van der Waals surface area contributed by atoms with Gasteiger partial charge in [-0.3, -0.25) is 4.90 Å². The first kappa shape index (κ1) is 23.1. The second kappa shape index (κ2) is 9.82. The molecule has 0 aliphatic heterocycles. The topological polar surface area (TPSA) is 51.6 Å². The summed E-state index contributed by atoms with van der Waals surface area (Å²) in [5, 5.41) is 12.3. The molecule has 0 fully saturated rings. The molecule has 0 aliphatic carbocycles. The van der Waals surface area contributed by atoms with Crippen molar-refractivity contribution in [1.29, 1.82) is 0 Å². The van der Waals surface area contributed by atoms with Gasteiger partial charge in [0.25, 0.3) is 0 Å². The SMILES string of the molecule is CC(C)N(Cc1ccc(N=C(c2ccccc2)c2c(O)[nH]c3cc(Cl)ccc23)cc1)C(C)C. The monoisotopic (exact) mass is 459 g/mol. The number of aromatic nitrogens is 1. The fourth-order valence-corrected chi connectivity index (χ4v) is 4.41. The number of rotatable bonds is 7. The van der Waals surface area contributed by atoms with Crippen LogP contribution in [0, 0.1) is 0 Å². The van der Waals surface area contributed by atoms with Crippen LogP contribution >= 0.6 is 11.6 Å². The molecule has 33 heavy (non-hydrogen) atoms. The quantitative estimate of drug-likeness (QED) is 0.284. The minimum Gasteiger partial charge on any atom is -0.494 e. The average Bonchev–Trinajstić information content (AvgIpc) is 3.11. The Morgan fingerprint density at radius 3 is 2.24 bits per heavy atom. The summed E-state index contributed by atoms with van der Waals surface area (Å²) >= 11 is 6.16. The zero-order chi connectivity index (χ0) is 23.5. The zero-order valence-electron chi connectivity index (χ0n) is 19.5. The second-order valence-corrected chi connectivity index (χ2v) is 9.33. The van der Waals surface area contributed by atoms with Gasteiger partial charge in [0.1, 0.15) is 0 Å². The van der Waals surface area contributed by atoms with E-state index in [1.807, 2.05) is 60.7 Å². The Morgan fingerprint density at radius 2 is 1.61 bits per heavy atom. The molecule has 4 rings (SSSR count). The molecule has 4 aromatic rings. The molecule has 4 nitrogen and oxygen atoms in total. The van der Waals surface area contributed by atoms with E-state index in [1.54, 1.807) is 0 Å². The molecule has 170 valence electrons. The number of fused-ring (bicyclic) bond motifs is 1. The van der Waals surface area contributed by atoms with E-state index in [-0.39, 0.29) is 5.88 Å². The highest BCUT2D eigenvalue weighted by atomic mass is 35.5. The molecule has 0 saturated heterocycles. The van der Waals surface area contributed by atoms with E-state index in [9.17, 15) is 5.11 Å². The Kier molecular flexibility index (Phi) is 6.87. The van der Waals surface area contributed by atoms with Crippen LogP contribution in [-0.2, 0) is 6.54 Å². The number of hydrogen-bond acceptors (Lipinski definition) is 3. The summed E-state index contributed by atoms with van der Waals surface area (Å²) in [6, 6.07) is 24.8. The van der Waals surface area contributed by atoms with E-state index in [0.717, 1.165) is 28.7 Å². The third-order valence-electron chi connectivity index (χ3n) is 5.89. The largest absolute Gasteiger partial charge is 0.494 e. The molecule has 0 unspecified atom stereocenters. The maximum atomic E-state index is 10.8. The summed E-state index contributed by atoms with van der Waals surface area (Å²) in [5.41, 5.74) is 5.17. The predicted octanol–water partition coefficient (Wildman–Crippen LogP) is 7.31. The molecule has 3 aromatic carbocycles. The van der Waals surface area contributed by atoms with Crippen LogP contribution < -0.4 is 0 Å². The number of H-pyrrole nitrogens is 1. The molecule has 0 bridgehead atoms. The van der Waals surface area contributed by atoms with Gasteiger partial charge in [-0.15, -0.1) is 0 Å². The van der Waals surface area contributed by atoms with Crippen LogP contribution in [0.1, 0.15) is 44.4 Å². The van der Waals surface area contributed by atoms with Gasteiger partial charge in [-0.1, -0.05) is 60.1 Å². The molecular formula is C28H30ClN3O. The molecule has 0 saturated carbocycles. The van der Waals surface area contributed by atoms with Gasteiger partial charge in [0.15, 0.2) is 5.88 Å². The first-order chi connectivity index (χ1) is 15.8. The molecule has 0 amide bonds. The number of benzene rings is 3. The Balaban J connectivity index is 1.76. The second-order valence-electron chi connectivity index (χ2n) is 8.89. The highest BCUT2D eigenvalue weighted by Crippen LogP contribution is 2.33. The molecular weight excluding hydrogens is 430 g/mol. The van der Waals surface area contributed by atoms with Crippen LogP contribution in [0.5, 0.6) is 5.88 Å². The third-order valence-corrected chi connectivity index (χ3v) is 6.13. The molecule has 1 aromatic heterocycles. The smallest absolute Gasteiger partial charge is 0.199 e. The maximum Gasteiger partial charge on any atom is 0.199 e. The first-order valence-electron chi connectivity index (χ1n) is 11.3. The first-order valence-corrected chi connectivity index (χ1v) is 11.7. The van der Waals surface area contributed by atoms with Gasteiger partial charge in [0.05, 0.1) is 22.5 Å². The molecule has 1 heterocycles. The van der Waals surface area contributed by atoms with E-state index in [1.165, 1.54) is 5.56 Å². The Bertz CT molecular complexity index is 1250. The van der Waals surface area contributed by atoms with E-state index in [4.69, 9.17) is 16.6 Å². The van der Waals surface area contributed by atoms with Crippen molar-refractivity contribution in [3.63, 3.8) is 0 Å². The zero-order valence-corrected chi connectivity index (χ0v) is 20.3. The number of hydrogen-bond donors (Lipinski definition) is 2. The van der Waals surface area contributed by atoms with Crippen LogP contribution in [0.3, 0.4) is 0 Å². The summed E-state index contributed by atoms with van der Waals surface area (Å²) < 4.78 is 0. The van der Waals surface area contributed by atoms with Gasteiger partial charge in [-0.2, -0.15) is 0 Å². The molecule has 0 spiro atoms. The van der Waals surface area contributed by atoms with Crippen LogP contribution in [0.4, 0.5) is 5.69 Å².